The summed E-state index contributed by atoms with van der Waals surface area (Å²) < 4.78 is 0. The number of hydrogen-bond donors (Lipinski definition) is 2. The number of rotatable bonds is 5. The summed E-state index contributed by atoms with van der Waals surface area (Å²) in [6.07, 6.45) is 7.11. The molecule has 0 aromatic carbocycles. The van der Waals surface area contributed by atoms with E-state index in [9.17, 15) is 14.4 Å². The molecule has 2 amide bonds. The number of likely N-dealkylation sites (tertiary alicyclic amines) is 1. The van der Waals surface area contributed by atoms with Gasteiger partial charge in [0.05, 0.1) is 12.5 Å². The largest absolute Gasteiger partial charge is 0.476 e. The van der Waals surface area contributed by atoms with Crippen molar-refractivity contribution in [3.05, 3.63) is 16.1 Å². The van der Waals surface area contributed by atoms with Crippen molar-refractivity contribution in [2.75, 3.05) is 6.54 Å². The van der Waals surface area contributed by atoms with Crippen molar-refractivity contribution in [2.24, 2.45) is 5.92 Å². The van der Waals surface area contributed by atoms with Crippen LogP contribution in [0.1, 0.15) is 60.4 Å². The van der Waals surface area contributed by atoms with Crippen molar-refractivity contribution in [3.8, 4) is 0 Å². The SMILES string of the molecule is O=C(O)c1csc(CNC(=O)C2CC(=O)N(C3CCCCCC3)C2)n1. The summed E-state index contributed by atoms with van der Waals surface area (Å²) in [7, 11) is 0. The summed E-state index contributed by atoms with van der Waals surface area (Å²) in [4.78, 5) is 41.4. The Balaban J connectivity index is 1.52. The normalized spacial score (nSPS) is 22.0. The third-order valence-electron chi connectivity index (χ3n) is 4.98. The van der Waals surface area contributed by atoms with E-state index in [1.165, 1.54) is 29.6 Å². The standard InChI is InChI=1S/C17H23N3O4S/c21-15-7-11(9-20(15)12-5-3-1-2-4-6-12)16(22)18-8-14-19-13(10-25-14)17(23)24/h10-12H,1-9H2,(H,18,22)(H,23,24). The molecule has 1 saturated heterocycles. The van der Waals surface area contributed by atoms with E-state index in [-0.39, 0.29) is 42.4 Å². The average Bonchev–Trinajstić information content (AvgIpc) is 3.12. The Morgan fingerprint density at radius 3 is 2.64 bits per heavy atom. The maximum atomic E-state index is 12.4. The van der Waals surface area contributed by atoms with Crippen LogP contribution in [0.5, 0.6) is 0 Å². The number of nitrogens with zero attached hydrogens (tertiary/aromatic N) is 2. The van der Waals surface area contributed by atoms with E-state index < -0.39 is 5.97 Å². The molecule has 136 valence electrons. The predicted octanol–water partition coefficient (Wildman–Crippen LogP) is 2.03. The van der Waals surface area contributed by atoms with Crippen molar-refractivity contribution in [1.82, 2.24) is 15.2 Å². The molecule has 25 heavy (non-hydrogen) atoms. The van der Waals surface area contributed by atoms with E-state index in [0.29, 0.717) is 11.6 Å². The third kappa shape index (κ3) is 4.36. The van der Waals surface area contributed by atoms with E-state index >= 15 is 0 Å². The highest BCUT2D eigenvalue weighted by Gasteiger charge is 2.37. The van der Waals surface area contributed by atoms with Crippen molar-refractivity contribution in [3.63, 3.8) is 0 Å². The monoisotopic (exact) mass is 365 g/mol. The molecule has 2 aliphatic rings. The molecule has 2 heterocycles. The highest BCUT2D eigenvalue weighted by atomic mass is 32.1. The Labute approximate surface area is 150 Å². The number of carbonyl (C=O) groups is 3. The van der Waals surface area contributed by atoms with Crippen LogP contribution in [0.4, 0.5) is 0 Å². The van der Waals surface area contributed by atoms with Crippen LogP contribution < -0.4 is 5.32 Å². The highest BCUT2D eigenvalue weighted by molar-refractivity contribution is 7.09. The Morgan fingerprint density at radius 2 is 2.00 bits per heavy atom. The quantitative estimate of drug-likeness (QED) is 0.778. The summed E-state index contributed by atoms with van der Waals surface area (Å²) in [6.45, 7) is 0.693. The summed E-state index contributed by atoms with van der Waals surface area (Å²) in [5.74, 6) is -1.48. The second kappa shape index (κ2) is 7.95. The van der Waals surface area contributed by atoms with Crippen LogP contribution in [0.2, 0.25) is 0 Å². The molecule has 1 unspecified atom stereocenters. The van der Waals surface area contributed by atoms with Gasteiger partial charge in [0.1, 0.15) is 5.01 Å². The van der Waals surface area contributed by atoms with E-state index in [1.54, 1.807) is 0 Å². The van der Waals surface area contributed by atoms with Crippen LogP contribution in [0.15, 0.2) is 5.38 Å². The topological polar surface area (TPSA) is 99.6 Å². The van der Waals surface area contributed by atoms with Crippen LogP contribution in [-0.4, -0.2) is 45.4 Å². The smallest absolute Gasteiger partial charge is 0.355 e. The molecule has 1 aliphatic carbocycles. The summed E-state index contributed by atoms with van der Waals surface area (Å²) in [5, 5.41) is 13.7. The number of carboxylic acids is 1. The fourth-order valence-electron chi connectivity index (χ4n) is 3.63. The van der Waals surface area contributed by atoms with Gasteiger partial charge in [-0.2, -0.15) is 0 Å². The number of amides is 2. The maximum absolute atomic E-state index is 12.4. The van der Waals surface area contributed by atoms with Gasteiger partial charge in [-0.15, -0.1) is 11.3 Å². The third-order valence-corrected chi connectivity index (χ3v) is 5.83. The number of hydrogen-bond acceptors (Lipinski definition) is 5. The van der Waals surface area contributed by atoms with Crippen LogP contribution in [-0.2, 0) is 16.1 Å². The Morgan fingerprint density at radius 1 is 1.28 bits per heavy atom. The van der Waals surface area contributed by atoms with Gasteiger partial charge in [0.25, 0.3) is 0 Å². The fourth-order valence-corrected chi connectivity index (χ4v) is 4.33. The van der Waals surface area contributed by atoms with Crippen LogP contribution in [0.25, 0.3) is 0 Å². The molecule has 1 aromatic heterocycles. The minimum absolute atomic E-state index is 0.00941. The van der Waals surface area contributed by atoms with Gasteiger partial charge in [0.2, 0.25) is 11.8 Å². The lowest BCUT2D eigenvalue weighted by Crippen LogP contribution is -2.38. The first-order chi connectivity index (χ1) is 12.0. The molecule has 1 atom stereocenters. The van der Waals surface area contributed by atoms with E-state index in [4.69, 9.17) is 5.11 Å². The zero-order valence-electron chi connectivity index (χ0n) is 14.1. The first-order valence-corrected chi connectivity index (χ1v) is 9.67. The Kier molecular flexibility index (Phi) is 5.67. The second-order valence-electron chi connectivity index (χ2n) is 6.74. The van der Waals surface area contributed by atoms with Crippen molar-refractivity contribution in [2.45, 2.75) is 57.5 Å². The minimum atomic E-state index is -1.07. The van der Waals surface area contributed by atoms with Gasteiger partial charge < -0.3 is 15.3 Å². The van der Waals surface area contributed by atoms with Gasteiger partial charge in [-0.25, -0.2) is 9.78 Å². The zero-order chi connectivity index (χ0) is 17.8. The molecule has 3 rings (SSSR count). The number of aromatic nitrogens is 1. The van der Waals surface area contributed by atoms with Crippen LogP contribution >= 0.6 is 11.3 Å². The summed E-state index contributed by atoms with van der Waals surface area (Å²) in [5.41, 5.74) is -0.00941. The van der Waals surface area contributed by atoms with Crippen molar-refractivity contribution >= 4 is 29.1 Å². The molecule has 0 bridgehead atoms. The minimum Gasteiger partial charge on any atom is -0.476 e. The van der Waals surface area contributed by atoms with E-state index in [2.05, 4.69) is 10.3 Å². The molecule has 8 heteroatoms. The van der Waals surface area contributed by atoms with Crippen molar-refractivity contribution in [1.29, 1.82) is 0 Å². The molecule has 0 radical (unpaired) electrons. The fraction of sp³-hybridized carbons (Fsp3) is 0.647. The number of carboxylic acid groups (broad SMARTS) is 1. The number of aromatic carboxylic acids is 1. The number of carbonyl (C=O) groups excluding carboxylic acids is 2. The lowest BCUT2D eigenvalue weighted by molar-refractivity contribution is -0.130. The first kappa shape index (κ1) is 17.8. The molecule has 1 aliphatic heterocycles. The zero-order valence-corrected chi connectivity index (χ0v) is 14.9. The molecule has 0 spiro atoms. The molecular formula is C17H23N3O4S. The Hall–Kier alpha value is -1.96. The van der Waals surface area contributed by atoms with E-state index in [1.807, 2.05) is 4.90 Å². The van der Waals surface area contributed by atoms with Crippen molar-refractivity contribution < 1.29 is 19.5 Å². The molecule has 2 fully saturated rings. The van der Waals surface area contributed by atoms with E-state index in [0.717, 1.165) is 25.7 Å². The summed E-state index contributed by atoms with van der Waals surface area (Å²) in [6, 6.07) is 0.282. The second-order valence-corrected chi connectivity index (χ2v) is 7.68. The first-order valence-electron chi connectivity index (χ1n) is 8.79. The number of thiazole rings is 1. The van der Waals surface area contributed by atoms with Gasteiger partial charge in [0, 0.05) is 24.4 Å². The molecule has 1 saturated carbocycles. The summed E-state index contributed by atoms with van der Waals surface area (Å²) >= 11 is 1.20. The molecule has 2 N–H and O–H groups in total. The average molecular weight is 365 g/mol. The highest BCUT2D eigenvalue weighted by Crippen LogP contribution is 2.28. The molecule has 7 nitrogen and oxygen atoms in total. The van der Waals surface area contributed by atoms with Crippen LogP contribution in [0, 0.1) is 5.92 Å². The number of nitrogens with one attached hydrogen (secondary N) is 1. The Bertz CT molecular complexity index is 652. The molecule has 1 aromatic rings. The predicted molar refractivity (Wildman–Crippen MR) is 92.2 cm³/mol. The van der Waals surface area contributed by atoms with Gasteiger partial charge in [-0.05, 0) is 12.8 Å². The van der Waals surface area contributed by atoms with Gasteiger partial charge in [0.15, 0.2) is 5.69 Å². The van der Waals surface area contributed by atoms with Gasteiger partial charge in [-0.3, -0.25) is 9.59 Å². The van der Waals surface area contributed by atoms with Crippen LogP contribution in [0.3, 0.4) is 0 Å². The lowest BCUT2D eigenvalue weighted by Gasteiger charge is -2.27. The maximum Gasteiger partial charge on any atom is 0.355 e. The van der Waals surface area contributed by atoms with Gasteiger partial charge in [-0.1, -0.05) is 25.7 Å². The lowest BCUT2D eigenvalue weighted by atomic mass is 10.1. The van der Waals surface area contributed by atoms with Gasteiger partial charge >= 0.3 is 5.97 Å². The molecular weight excluding hydrogens is 342 g/mol.